The molecule has 3 aromatic carbocycles. The smallest absolute Gasteiger partial charge is 0.238 e. The summed E-state index contributed by atoms with van der Waals surface area (Å²) in [7, 11) is 0. The molecule has 1 saturated heterocycles. The zero-order chi connectivity index (χ0) is 20.4. The normalized spacial score (nSPS) is 16.3. The van der Waals surface area contributed by atoms with Gasteiger partial charge >= 0.3 is 0 Å². The lowest BCUT2D eigenvalue weighted by molar-refractivity contribution is -0.115. The topological polar surface area (TPSA) is 29.5 Å². The van der Waals surface area contributed by atoms with Gasteiger partial charge in [-0.05, 0) is 59.7 Å². The molecular formula is C22H16Cl3NO2S. The highest BCUT2D eigenvalue weighted by Crippen LogP contribution is 2.43. The van der Waals surface area contributed by atoms with Gasteiger partial charge in [0.2, 0.25) is 5.91 Å². The highest BCUT2D eigenvalue weighted by molar-refractivity contribution is 8.00. The van der Waals surface area contributed by atoms with Crippen LogP contribution < -0.4 is 9.64 Å². The Morgan fingerprint density at radius 1 is 0.931 bits per heavy atom. The predicted molar refractivity (Wildman–Crippen MR) is 121 cm³/mol. The molecule has 1 aliphatic heterocycles. The standard InChI is InChI=1S/C22H16Cl3NO2S/c23-16-4-1-14(2-5-16)12-28-20-10-3-15(11-19(20)25)22-26(21(27)13-29-22)18-8-6-17(24)7-9-18/h1-11,22H,12-13H2/t22-/m1/s1. The van der Waals surface area contributed by atoms with Crippen molar-refractivity contribution in [2.45, 2.75) is 12.0 Å². The average Bonchev–Trinajstić information content (AvgIpc) is 3.10. The Hall–Kier alpha value is -1.85. The van der Waals surface area contributed by atoms with E-state index in [0.717, 1.165) is 16.8 Å². The largest absolute Gasteiger partial charge is 0.487 e. The summed E-state index contributed by atoms with van der Waals surface area (Å²) in [6, 6.07) is 20.4. The van der Waals surface area contributed by atoms with Crippen LogP contribution in [-0.4, -0.2) is 11.7 Å². The van der Waals surface area contributed by atoms with Crippen molar-refractivity contribution in [1.29, 1.82) is 0 Å². The molecule has 1 aliphatic rings. The number of carbonyl (C=O) groups is 1. The maximum Gasteiger partial charge on any atom is 0.238 e. The van der Waals surface area contributed by atoms with Crippen LogP contribution in [0.2, 0.25) is 15.1 Å². The molecule has 0 aliphatic carbocycles. The number of carbonyl (C=O) groups excluding carboxylic acids is 1. The maximum absolute atomic E-state index is 12.5. The first-order chi connectivity index (χ1) is 14.0. The van der Waals surface area contributed by atoms with E-state index in [0.29, 0.717) is 33.2 Å². The van der Waals surface area contributed by atoms with E-state index in [1.807, 2.05) is 54.6 Å². The van der Waals surface area contributed by atoms with Gasteiger partial charge in [-0.15, -0.1) is 11.8 Å². The first-order valence-corrected chi connectivity index (χ1v) is 11.1. The summed E-state index contributed by atoms with van der Waals surface area (Å²) in [5, 5.41) is 1.68. The summed E-state index contributed by atoms with van der Waals surface area (Å²) in [6.45, 7) is 0.393. The number of halogens is 3. The van der Waals surface area contributed by atoms with Crippen molar-refractivity contribution in [1.82, 2.24) is 0 Å². The fourth-order valence-electron chi connectivity index (χ4n) is 3.08. The zero-order valence-electron chi connectivity index (χ0n) is 15.1. The van der Waals surface area contributed by atoms with Gasteiger partial charge in [0.05, 0.1) is 10.8 Å². The van der Waals surface area contributed by atoms with Crippen molar-refractivity contribution in [2.75, 3.05) is 10.7 Å². The molecule has 1 atom stereocenters. The third kappa shape index (κ3) is 4.67. The Bertz CT molecular complexity index is 1030. The third-order valence-corrected chi connectivity index (χ3v) is 6.53. The Labute approximate surface area is 188 Å². The molecule has 1 amide bonds. The van der Waals surface area contributed by atoms with Gasteiger partial charge < -0.3 is 4.74 Å². The minimum atomic E-state index is -0.147. The van der Waals surface area contributed by atoms with E-state index in [1.54, 1.807) is 28.8 Å². The van der Waals surface area contributed by atoms with Crippen molar-refractivity contribution >= 4 is 58.2 Å². The Morgan fingerprint density at radius 2 is 1.59 bits per heavy atom. The minimum Gasteiger partial charge on any atom is -0.487 e. The summed E-state index contributed by atoms with van der Waals surface area (Å²) < 4.78 is 5.85. The van der Waals surface area contributed by atoms with Crippen LogP contribution in [0.25, 0.3) is 0 Å². The second-order valence-electron chi connectivity index (χ2n) is 6.51. The van der Waals surface area contributed by atoms with Crippen molar-refractivity contribution in [3.05, 3.63) is 92.9 Å². The number of nitrogens with zero attached hydrogens (tertiary/aromatic N) is 1. The van der Waals surface area contributed by atoms with E-state index in [4.69, 9.17) is 39.5 Å². The summed E-state index contributed by atoms with van der Waals surface area (Å²) in [6.07, 6.45) is 0. The highest BCUT2D eigenvalue weighted by Gasteiger charge is 2.34. The Kier molecular flexibility index (Phi) is 6.26. The average molecular weight is 465 g/mol. The van der Waals surface area contributed by atoms with Crippen molar-refractivity contribution in [3.63, 3.8) is 0 Å². The van der Waals surface area contributed by atoms with Crippen molar-refractivity contribution in [2.24, 2.45) is 0 Å². The van der Waals surface area contributed by atoms with Crippen molar-refractivity contribution < 1.29 is 9.53 Å². The summed E-state index contributed by atoms with van der Waals surface area (Å²) in [4.78, 5) is 14.3. The number of hydrogen-bond acceptors (Lipinski definition) is 3. The second kappa shape index (κ2) is 8.88. The summed E-state index contributed by atoms with van der Waals surface area (Å²) in [5.74, 6) is 1.07. The van der Waals surface area contributed by atoms with E-state index in [1.165, 1.54) is 0 Å². The van der Waals surface area contributed by atoms with E-state index in [-0.39, 0.29) is 11.3 Å². The molecule has 0 spiro atoms. The number of hydrogen-bond donors (Lipinski definition) is 0. The van der Waals surface area contributed by atoms with Crippen LogP contribution in [0.1, 0.15) is 16.5 Å². The van der Waals surface area contributed by atoms with Crippen LogP contribution >= 0.6 is 46.6 Å². The van der Waals surface area contributed by atoms with Gasteiger partial charge in [0.15, 0.2) is 0 Å². The molecule has 29 heavy (non-hydrogen) atoms. The van der Waals surface area contributed by atoms with E-state index >= 15 is 0 Å². The molecule has 0 unspecified atom stereocenters. The fourth-order valence-corrected chi connectivity index (χ4v) is 4.74. The summed E-state index contributed by atoms with van der Waals surface area (Å²) >= 11 is 19.9. The molecule has 1 heterocycles. The van der Waals surface area contributed by atoms with E-state index in [2.05, 4.69) is 0 Å². The second-order valence-corrected chi connectivity index (χ2v) is 8.86. The first-order valence-electron chi connectivity index (χ1n) is 8.87. The number of anilines is 1. The van der Waals surface area contributed by atoms with Crippen LogP contribution in [-0.2, 0) is 11.4 Å². The quantitative estimate of drug-likeness (QED) is 0.407. The Balaban J connectivity index is 1.52. The summed E-state index contributed by atoms with van der Waals surface area (Å²) in [5.41, 5.74) is 2.76. The van der Waals surface area contributed by atoms with Crippen molar-refractivity contribution in [3.8, 4) is 5.75 Å². The number of thioether (sulfide) groups is 1. The van der Waals surface area contributed by atoms with Crippen LogP contribution in [0, 0.1) is 0 Å². The molecule has 3 aromatic rings. The lowest BCUT2D eigenvalue weighted by Gasteiger charge is -2.25. The van der Waals surface area contributed by atoms with Gasteiger partial charge in [-0.2, -0.15) is 0 Å². The molecule has 0 radical (unpaired) electrons. The van der Waals surface area contributed by atoms with Crippen LogP contribution in [0.15, 0.2) is 66.7 Å². The number of amides is 1. The SMILES string of the molecule is O=C1CS[C@H](c2ccc(OCc3ccc(Cl)cc3)c(Cl)c2)N1c1ccc(Cl)cc1. The molecule has 0 saturated carbocycles. The van der Waals surface area contributed by atoms with Gasteiger partial charge in [-0.1, -0.05) is 53.0 Å². The molecule has 1 fully saturated rings. The van der Waals surface area contributed by atoms with Crippen LogP contribution in [0.3, 0.4) is 0 Å². The fraction of sp³-hybridized carbons (Fsp3) is 0.136. The molecule has 0 aromatic heterocycles. The molecule has 0 bridgehead atoms. The van der Waals surface area contributed by atoms with Crippen LogP contribution in [0.5, 0.6) is 5.75 Å². The third-order valence-electron chi connectivity index (χ3n) is 4.52. The van der Waals surface area contributed by atoms with Gasteiger partial charge in [-0.3, -0.25) is 9.69 Å². The number of rotatable bonds is 5. The van der Waals surface area contributed by atoms with E-state index < -0.39 is 0 Å². The van der Waals surface area contributed by atoms with E-state index in [9.17, 15) is 4.79 Å². The van der Waals surface area contributed by atoms with Gasteiger partial charge in [0.25, 0.3) is 0 Å². The predicted octanol–water partition coefficient (Wildman–Crippen LogP) is 7.00. The zero-order valence-corrected chi connectivity index (χ0v) is 18.2. The lowest BCUT2D eigenvalue weighted by atomic mass is 10.1. The van der Waals surface area contributed by atoms with Gasteiger partial charge in [0, 0.05) is 15.7 Å². The minimum absolute atomic E-state index is 0.0570. The maximum atomic E-state index is 12.5. The van der Waals surface area contributed by atoms with Gasteiger partial charge in [0.1, 0.15) is 17.7 Å². The lowest BCUT2D eigenvalue weighted by Crippen LogP contribution is -2.27. The number of ether oxygens (including phenoxy) is 1. The molecule has 7 heteroatoms. The Morgan fingerprint density at radius 3 is 2.24 bits per heavy atom. The molecule has 4 rings (SSSR count). The molecule has 0 N–H and O–H groups in total. The molecular weight excluding hydrogens is 449 g/mol. The monoisotopic (exact) mass is 463 g/mol. The molecule has 3 nitrogen and oxygen atoms in total. The van der Waals surface area contributed by atoms with Crippen LogP contribution in [0.4, 0.5) is 5.69 Å². The highest BCUT2D eigenvalue weighted by atomic mass is 35.5. The number of benzene rings is 3. The molecule has 148 valence electrons. The van der Waals surface area contributed by atoms with Gasteiger partial charge in [-0.25, -0.2) is 0 Å². The first kappa shape index (κ1) is 20.4.